The molecule has 0 rings (SSSR count). The summed E-state index contributed by atoms with van der Waals surface area (Å²) < 4.78 is 4.43. The van der Waals surface area contributed by atoms with Gasteiger partial charge < -0.3 is 20.5 Å². The molecule has 0 saturated carbocycles. The minimum Gasteiger partial charge on any atom is -0.481 e. The van der Waals surface area contributed by atoms with Crippen molar-refractivity contribution in [2.45, 2.75) is 26.3 Å². The van der Waals surface area contributed by atoms with E-state index in [1.54, 1.807) is 6.92 Å². The van der Waals surface area contributed by atoms with Gasteiger partial charge in [0, 0.05) is 13.0 Å². The minimum atomic E-state index is -0.914. The minimum absolute atomic E-state index is 0.0210. The fourth-order valence-corrected chi connectivity index (χ4v) is 1.12. The number of hydrogen-bond donors (Lipinski definition) is 3. The summed E-state index contributed by atoms with van der Waals surface area (Å²) >= 11 is 0. The Morgan fingerprint density at radius 1 is 1.29 bits per heavy atom. The van der Waals surface area contributed by atoms with Crippen molar-refractivity contribution < 1.29 is 24.2 Å². The monoisotopic (exact) mass is 246 g/mol. The summed E-state index contributed by atoms with van der Waals surface area (Å²) in [6.45, 7) is 3.43. The number of nitrogens with one attached hydrogen (secondary N) is 2. The van der Waals surface area contributed by atoms with Gasteiger partial charge in [-0.3, -0.25) is 4.79 Å². The number of esters is 1. The molecule has 0 aliphatic rings. The summed E-state index contributed by atoms with van der Waals surface area (Å²) in [6.07, 6.45) is -0.0210. The summed E-state index contributed by atoms with van der Waals surface area (Å²) in [4.78, 5) is 32.6. The Morgan fingerprint density at radius 3 is 2.35 bits per heavy atom. The van der Waals surface area contributed by atoms with Gasteiger partial charge >= 0.3 is 18.0 Å². The van der Waals surface area contributed by atoms with Gasteiger partial charge in [-0.2, -0.15) is 0 Å². The first-order chi connectivity index (χ1) is 7.86. The highest BCUT2D eigenvalue weighted by atomic mass is 16.5. The second kappa shape index (κ2) is 7.48. The van der Waals surface area contributed by atoms with Gasteiger partial charge in [-0.15, -0.1) is 0 Å². The number of urea groups is 1. The molecule has 0 bridgehead atoms. The Balaban J connectivity index is 3.87. The third-order valence-corrected chi connectivity index (χ3v) is 2.04. The standard InChI is InChI=1S/C10H18N2O5/c1-6(4-8(13)14)5-11-10(16)12-7(2)9(15)17-3/h6-7H,4-5H2,1-3H3,(H,13,14)(H2,11,12,16). The van der Waals surface area contributed by atoms with Gasteiger partial charge in [-0.25, -0.2) is 9.59 Å². The average molecular weight is 246 g/mol. The SMILES string of the molecule is COC(=O)C(C)NC(=O)NCC(C)CC(=O)O. The van der Waals surface area contributed by atoms with E-state index in [9.17, 15) is 14.4 Å². The molecular weight excluding hydrogens is 228 g/mol. The number of methoxy groups -OCH3 is 1. The third-order valence-electron chi connectivity index (χ3n) is 2.04. The lowest BCUT2D eigenvalue weighted by atomic mass is 10.1. The van der Waals surface area contributed by atoms with Gasteiger partial charge in [0.25, 0.3) is 0 Å². The molecule has 0 radical (unpaired) electrons. The van der Waals surface area contributed by atoms with E-state index in [2.05, 4.69) is 15.4 Å². The molecule has 0 saturated heterocycles. The van der Waals surface area contributed by atoms with Gasteiger partial charge in [-0.1, -0.05) is 6.92 Å². The number of hydrogen-bond acceptors (Lipinski definition) is 4. The Bertz CT molecular complexity index is 292. The molecule has 0 fully saturated rings. The second-order valence-corrected chi connectivity index (χ2v) is 3.80. The van der Waals surface area contributed by atoms with Gasteiger partial charge in [0.15, 0.2) is 0 Å². The molecular formula is C10H18N2O5. The maximum absolute atomic E-state index is 11.3. The average Bonchev–Trinajstić information content (AvgIpc) is 2.24. The van der Waals surface area contributed by atoms with Crippen LogP contribution >= 0.6 is 0 Å². The van der Waals surface area contributed by atoms with Crippen molar-refractivity contribution in [3.05, 3.63) is 0 Å². The predicted octanol–water partition coefficient (Wildman–Crippen LogP) is -0.0421. The Hall–Kier alpha value is -1.79. The van der Waals surface area contributed by atoms with Crippen LogP contribution in [0.4, 0.5) is 4.79 Å². The number of ether oxygens (including phenoxy) is 1. The zero-order valence-corrected chi connectivity index (χ0v) is 10.1. The van der Waals surface area contributed by atoms with E-state index in [4.69, 9.17) is 5.11 Å². The second-order valence-electron chi connectivity index (χ2n) is 3.80. The molecule has 0 spiro atoms. The number of carboxylic acids is 1. The van der Waals surface area contributed by atoms with Crippen LogP contribution in [0.25, 0.3) is 0 Å². The molecule has 2 unspecified atom stereocenters. The van der Waals surface area contributed by atoms with Crippen molar-refractivity contribution in [2.24, 2.45) is 5.92 Å². The quantitative estimate of drug-likeness (QED) is 0.570. The van der Waals surface area contributed by atoms with Crippen molar-refractivity contribution in [3.63, 3.8) is 0 Å². The molecule has 0 aromatic rings. The summed E-state index contributed by atoms with van der Waals surface area (Å²) in [5.74, 6) is -1.63. The van der Waals surface area contributed by atoms with Crippen LogP contribution in [-0.2, 0) is 14.3 Å². The number of carboxylic acid groups (broad SMARTS) is 1. The maximum atomic E-state index is 11.3. The number of carbonyl (C=O) groups excluding carboxylic acids is 2. The van der Waals surface area contributed by atoms with Gasteiger partial charge in [0.1, 0.15) is 6.04 Å². The van der Waals surface area contributed by atoms with Crippen molar-refractivity contribution in [2.75, 3.05) is 13.7 Å². The van der Waals surface area contributed by atoms with Crippen LogP contribution < -0.4 is 10.6 Å². The highest BCUT2D eigenvalue weighted by molar-refractivity contribution is 5.83. The van der Waals surface area contributed by atoms with E-state index in [0.717, 1.165) is 0 Å². The highest BCUT2D eigenvalue weighted by Gasteiger charge is 2.16. The molecule has 17 heavy (non-hydrogen) atoms. The fraction of sp³-hybridized carbons (Fsp3) is 0.700. The number of amides is 2. The lowest BCUT2D eigenvalue weighted by Crippen LogP contribution is -2.45. The van der Waals surface area contributed by atoms with Crippen LogP contribution in [0.3, 0.4) is 0 Å². The van der Waals surface area contributed by atoms with Crippen LogP contribution in [-0.4, -0.2) is 42.8 Å². The first-order valence-electron chi connectivity index (χ1n) is 5.20. The zero-order chi connectivity index (χ0) is 13.4. The Kier molecular flexibility index (Phi) is 6.69. The van der Waals surface area contributed by atoms with Crippen molar-refractivity contribution in [1.29, 1.82) is 0 Å². The number of rotatable bonds is 6. The first-order valence-corrected chi connectivity index (χ1v) is 5.20. The van der Waals surface area contributed by atoms with Gasteiger partial charge in [-0.05, 0) is 12.8 Å². The maximum Gasteiger partial charge on any atom is 0.328 e. The summed E-state index contributed by atoms with van der Waals surface area (Å²) in [6, 6.07) is -1.27. The first kappa shape index (κ1) is 15.2. The van der Waals surface area contributed by atoms with Gasteiger partial charge in [0.2, 0.25) is 0 Å². The van der Waals surface area contributed by atoms with E-state index in [-0.39, 0.29) is 18.9 Å². The molecule has 0 heterocycles. The van der Waals surface area contributed by atoms with E-state index in [1.807, 2.05) is 0 Å². The van der Waals surface area contributed by atoms with Crippen LogP contribution in [0.1, 0.15) is 20.3 Å². The van der Waals surface area contributed by atoms with Crippen LogP contribution in [0.2, 0.25) is 0 Å². The lowest BCUT2D eigenvalue weighted by molar-refractivity contribution is -0.142. The molecule has 0 aromatic carbocycles. The molecule has 98 valence electrons. The smallest absolute Gasteiger partial charge is 0.328 e. The van der Waals surface area contributed by atoms with Crippen LogP contribution in [0, 0.1) is 5.92 Å². The van der Waals surface area contributed by atoms with E-state index >= 15 is 0 Å². The number of aliphatic carboxylic acids is 1. The lowest BCUT2D eigenvalue weighted by Gasteiger charge is -2.14. The normalized spacial score (nSPS) is 13.4. The van der Waals surface area contributed by atoms with E-state index in [1.165, 1.54) is 14.0 Å². The molecule has 0 aliphatic heterocycles. The molecule has 2 atom stereocenters. The summed E-state index contributed by atoms with van der Waals surface area (Å²) in [7, 11) is 1.23. The Labute approximate surface area is 99.5 Å². The topological polar surface area (TPSA) is 105 Å². The van der Waals surface area contributed by atoms with Crippen molar-refractivity contribution in [3.8, 4) is 0 Å². The molecule has 0 aromatic heterocycles. The van der Waals surface area contributed by atoms with Gasteiger partial charge in [0.05, 0.1) is 7.11 Å². The largest absolute Gasteiger partial charge is 0.481 e. The molecule has 2 amide bonds. The molecule has 0 aliphatic carbocycles. The zero-order valence-electron chi connectivity index (χ0n) is 10.1. The molecule has 3 N–H and O–H groups in total. The predicted molar refractivity (Wildman–Crippen MR) is 59.4 cm³/mol. The van der Waals surface area contributed by atoms with Crippen molar-refractivity contribution >= 4 is 18.0 Å². The van der Waals surface area contributed by atoms with Crippen molar-refractivity contribution in [1.82, 2.24) is 10.6 Å². The van der Waals surface area contributed by atoms with Crippen LogP contribution in [0.15, 0.2) is 0 Å². The summed E-state index contributed by atoms with van der Waals surface area (Å²) in [5.41, 5.74) is 0. The summed E-state index contributed by atoms with van der Waals surface area (Å²) in [5, 5.41) is 13.4. The third kappa shape index (κ3) is 7.15. The van der Waals surface area contributed by atoms with E-state index < -0.39 is 24.0 Å². The Morgan fingerprint density at radius 2 is 1.88 bits per heavy atom. The molecule has 7 nitrogen and oxygen atoms in total. The highest BCUT2D eigenvalue weighted by Crippen LogP contribution is 1.99. The fourth-order valence-electron chi connectivity index (χ4n) is 1.12. The van der Waals surface area contributed by atoms with Crippen LogP contribution in [0.5, 0.6) is 0 Å². The number of carbonyl (C=O) groups is 3. The van der Waals surface area contributed by atoms with E-state index in [0.29, 0.717) is 0 Å². The molecule has 7 heteroatoms.